The number of carbonyl (C=O) groups excluding carboxylic acids is 1. The first kappa shape index (κ1) is 14.7. The quantitative estimate of drug-likeness (QED) is 0.887. The molecule has 2 rings (SSSR count). The smallest absolute Gasteiger partial charge is 0.228 e. The third kappa shape index (κ3) is 3.65. The van der Waals surface area contributed by atoms with Crippen LogP contribution in [0.2, 0.25) is 0 Å². The van der Waals surface area contributed by atoms with Gasteiger partial charge in [-0.1, -0.05) is 30.3 Å². The van der Waals surface area contributed by atoms with E-state index < -0.39 is 0 Å². The van der Waals surface area contributed by atoms with Gasteiger partial charge >= 0.3 is 0 Å². The zero-order valence-electron chi connectivity index (χ0n) is 11.5. The van der Waals surface area contributed by atoms with Crippen LogP contribution in [-0.4, -0.2) is 40.6 Å². The molecule has 5 heteroatoms. The van der Waals surface area contributed by atoms with Crippen LogP contribution in [0, 0.1) is 0 Å². The van der Waals surface area contributed by atoms with Crippen molar-refractivity contribution in [1.29, 1.82) is 0 Å². The molecule has 0 aliphatic heterocycles. The summed E-state index contributed by atoms with van der Waals surface area (Å²) in [4.78, 5) is 18.2. The average molecular weight is 290 g/mol. The van der Waals surface area contributed by atoms with Gasteiger partial charge in [-0.2, -0.15) is 0 Å². The van der Waals surface area contributed by atoms with E-state index >= 15 is 0 Å². The Morgan fingerprint density at radius 3 is 2.75 bits per heavy atom. The highest BCUT2D eigenvalue weighted by molar-refractivity contribution is 7.13. The predicted octanol–water partition coefficient (Wildman–Crippen LogP) is 2.19. The molecule has 0 aliphatic carbocycles. The second-order valence-corrected chi connectivity index (χ2v) is 5.24. The van der Waals surface area contributed by atoms with Crippen molar-refractivity contribution in [2.45, 2.75) is 13.3 Å². The summed E-state index contributed by atoms with van der Waals surface area (Å²) in [7, 11) is 0. The molecule has 4 nitrogen and oxygen atoms in total. The summed E-state index contributed by atoms with van der Waals surface area (Å²) in [5.41, 5.74) is 1.86. The first-order valence-corrected chi connectivity index (χ1v) is 7.51. The van der Waals surface area contributed by atoms with Crippen LogP contribution >= 0.6 is 11.3 Å². The summed E-state index contributed by atoms with van der Waals surface area (Å²) in [6, 6.07) is 9.93. The van der Waals surface area contributed by atoms with Crippen LogP contribution in [0.4, 0.5) is 0 Å². The maximum Gasteiger partial charge on any atom is 0.228 e. The maximum atomic E-state index is 12.1. The Hall–Kier alpha value is -1.72. The van der Waals surface area contributed by atoms with E-state index in [1.54, 1.807) is 16.2 Å². The molecule has 2 aromatic rings. The van der Waals surface area contributed by atoms with Crippen LogP contribution in [0.5, 0.6) is 0 Å². The minimum absolute atomic E-state index is 0.00598. The lowest BCUT2D eigenvalue weighted by atomic mass is 10.2. The number of amides is 1. The molecule has 1 heterocycles. The van der Waals surface area contributed by atoms with E-state index in [4.69, 9.17) is 5.11 Å². The molecule has 0 unspecified atom stereocenters. The second-order valence-electron chi connectivity index (χ2n) is 4.38. The van der Waals surface area contributed by atoms with E-state index in [1.165, 1.54) is 0 Å². The van der Waals surface area contributed by atoms with Crippen molar-refractivity contribution in [2.75, 3.05) is 19.7 Å². The van der Waals surface area contributed by atoms with Gasteiger partial charge in [0.15, 0.2) is 0 Å². The number of aliphatic hydroxyl groups excluding tert-OH is 1. The number of aromatic nitrogens is 1. The van der Waals surface area contributed by atoms with Gasteiger partial charge in [-0.05, 0) is 6.92 Å². The molecule has 1 amide bonds. The predicted molar refractivity (Wildman–Crippen MR) is 80.6 cm³/mol. The van der Waals surface area contributed by atoms with E-state index in [1.807, 2.05) is 42.6 Å². The number of hydrogen-bond acceptors (Lipinski definition) is 4. The zero-order valence-corrected chi connectivity index (χ0v) is 12.3. The van der Waals surface area contributed by atoms with Gasteiger partial charge in [0.05, 0.1) is 18.7 Å². The lowest BCUT2D eigenvalue weighted by Gasteiger charge is -2.18. The van der Waals surface area contributed by atoms with E-state index in [0.29, 0.717) is 13.1 Å². The van der Waals surface area contributed by atoms with Crippen LogP contribution in [0.25, 0.3) is 10.6 Å². The topological polar surface area (TPSA) is 53.4 Å². The molecule has 0 saturated carbocycles. The van der Waals surface area contributed by atoms with Gasteiger partial charge in [0, 0.05) is 24.0 Å². The monoisotopic (exact) mass is 290 g/mol. The van der Waals surface area contributed by atoms with Gasteiger partial charge in [0.25, 0.3) is 0 Å². The fourth-order valence-corrected chi connectivity index (χ4v) is 2.77. The van der Waals surface area contributed by atoms with E-state index in [0.717, 1.165) is 16.3 Å². The molecule has 20 heavy (non-hydrogen) atoms. The standard InChI is InChI=1S/C15H18N2O2S/c1-2-17(8-9-18)14(19)10-13-11-20-15(16-13)12-6-4-3-5-7-12/h3-7,11,18H,2,8-10H2,1H3. The zero-order chi connectivity index (χ0) is 14.4. The number of hydrogen-bond donors (Lipinski definition) is 1. The van der Waals surface area contributed by atoms with Crippen LogP contribution in [0.1, 0.15) is 12.6 Å². The summed E-state index contributed by atoms with van der Waals surface area (Å²) in [5.74, 6) is 0.00598. The van der Waals surface area contributed by atoms with Gasteiger partial charge in [-0.25, -0.2) is 4.98 Å². The molecule has 0 atom stereocenters. The molecule has 0 fully saturated rings. The van der Waals surface area contributed by atoms with Crippen molar-refractivity contribution in [3.05, 3.63) is 41.4 Å². The highest BCUT2D eigenvalue weighted by Gasteiger charge is 2.14. The van der Waals surface area contributed by atoms with E-state index in [9.17, 15) is 4.79 Å². The molecule has 0 spiro atoms. The van der Waals surface area contributed by atoms with Gasteiger partial charge in [-0.15, -0.1) is 11.3 Å². The molecular formula is C15H18N2O2S. The molecule has 106 valence electrons. The number of thiazole rings is 1. The van der Waals surface area contributed by atoms with Gasteiger partial charge in [0.2, 0.25) is 5.91 Å². The van der Waals surface area contributed by atoms with E-state index in [2.05, 4.69) is 4.98 Å². The number of rotatable bonds is 6. The third-order valence-corrected chi connectivity index (χ3v) is 3.95. The van der Waals surface area contributed by atoms with Gasteiger partial charge in [0.1, 0.15) is 5.01 Å². The fourth-order valence-electron chi connectivity index (χ4n) is 1.95. The van der Waals surface area contributed by atoms with Crippen molar-refractivity contribution in [3.63, 3.8) is 0 Å². The number of benzene rings is 1. The Morgan fingerprint density at radius 1 is 1.35 bits per heavy atom. The summed E-state index contributed by atoms with van der Waals surface area (Å²) < 4.78 is 0. The molecule has 1 aromatic heterocycles. The second kappa shape index (κ2) is 7.17. The maximum absolute atomic E-state index is 12.1. The van der Waals surface area contributed by atoms with Gasteiger partial charge in [-0.3, -0.25) is 4.79 Å². The van der Waals surface area contributed by atoms with E-state index in [-0.39, 0.29) is 18.9 Å². The number of carbonyl (C=O) groups is 1. The lowest BCUT2D eigenvalue weighted by Crippen LogP contribution is -2.34. The van der Waals surface area contributed by atoms with Crippen molar-refractivity contribution in [3.8, 4) is 10.6 Å². The molecule has 0 radical (unpaired) electrons. The fraction of sp³-hybridized carbons (Fsp3) is 0.333. The Kier molecular flexibility index (Phi) is 5.26. The van der Waals surface area contributed by atoms with Crippen LogP contribution in [0.15, 0.2) is 35.7 Å². The van der Waals surface area contributed by atoms with Crippen molar-refractivity contribution >= 4 is 17.2 Å². The Morgan fingerprint density at radius 2 is 2.10 bits per heavy atom. The Labute approximate surface area is 122 Å². The lowest BCUT2D eigenvalue weighted by molar-refractivity contribution is -0.130. The Balaban J connectivity index is 2.04. The molecule has 0 aliphatic rings. The molecule has 0 saturated heterocycles. The summed E-state index contributed by atoms with van der Waals surface area (Å²) in [6.07, 6.45) is 0.289. The number of likely N-dealkylation sites (N-methyl/N-ethyl adjacent to an activating group) is 1. The third-order valence-electron chi connectivity index (χ3n) is 3.01. The van der Waals surface area contributed by atoms with Crippen LogP contribution in [0.3, 0.4) is 0 Å². The molecular weight excluding hydrogens is 272 g/mol. The first-order chi connectivity index (χ1) is 9.74. The normalized spacial score (nSPS) is 10.5. The SMILES string of the molecule is CCN(CCO)C(=O)Cc1csc(-c2ccccc2)n1. The molecule has 1 aromatic carbocycles. The number of aliphatic hydroxyl groups is 1. The Bertz CT molecular complexity index is 554. The highest BCUT2D eigenvalue weighted by atomic mass is 32.1. The van der Waals surface area contributed by atoms with Gasteiger partial charge < -0.3 is 10.0 Å². The van der Waals surface area contributed by atoms with Crippen LogP contribution < -0.4 is 0 Å². The van der Waals surface area contributed by atoms with Crippen molar-refractivity contribution in [2.24, 2.45) is 0 Å². The summed E-state index contributed by atoms with van der Waals surface area (Å²) in [5, 5.41) is 11.8. The largest absolute Gasteiger partial charge is 0.395 e. The first-order valence-electron chi connectivity index (χ1n) is 6.63. The highest BCUT2D eigenvalue weighted by Crippen LogP contribution is 2.23. The minimum atomic E-state index is -0.00802. The number of nitrogens with zero attached hydrogens (tertiary/aromatic N) is 2. The summed E-state index contributed by atoms with van der Waals surface area (Å²) >= 11 is 1.55. The molecule has 1 N–H and O–H groups in total. The molecule has 0 bridgehead atoms. The van der Waals surface area contributed by atoms with Crippen molar-refractivity contribution < 1.29 is 9.90 Å². The average Bonchev–Trinajstić information content (AvgIpc) is 2.94. The summed E-state index contributed by atoms with van der Waals surface area (Å²) in [6.45, 7) is 2.88. The van der Waals surface area contributed by atoms with Crippen molar-refractivity contribution in [1.82, 2.24) is 9.88 Å². The van der Waals surface area contributed by atoms with Crippen LogP contribution in [-0.2, 0) is 11.2 Å². The minimum Gasteiger partial charge on any atom is -0.395 e.